The minimum Gasteiger partial charge on any atom is -0.269 e. The van der Waals surface area contributed by atoms with E-state index >= 15 is 0 Å². The first-order valence-electron chi connectivity index (χ1n) is 7.67. The van der Waals surface area contributed by atoms with E-state index in [1.165, 1.54) is 0 Å². The highest BCUT2D eigenvalue weighted by Crippen LogP contribution is 2.31. The SMILES string of the molecule is CC(C)c1ccc(C(c2ccncc2)N2C(=O)NC(=O)C2=O)cc1. The maximum absolute atomic E-state index is 12.2. The van der Waals surface area contributed by atoms with Gasteiger partial charge in [-0.2, -0.15) is 0 Å². The van der Waals surface area contributed by atoms with E-state index in [1.54, 1.807) is 24.5 Å². The van der Waals surface area contributed by atoms with Crippen molar-refractivity contribution in [1.29, 1.82) is 0 Å². The first-order valence-corrected chi connectivity index (χ1v) is 7.67. The molecule has 6 nitrogen and oxygen atoms in total. The molecular formula is C18H17N3O3. The molecule has 0 saturated carbocycles. The zero-order chi connectivity index (χ0) is 17.3. The quantitative estimate of drug-likeness (QED) is 0.692. The number of carbonyl (C=O) groups is 3. The molecule has 4 amide bonds. The van der Waals surface area contributed by atoms with Crippen LogP contribution in [0.4, 0.5) is 4.79 Å². The molecule has 3 rings (SSSR count). The third-order valence-electron chi connectivity index (χ3n) is 4.05. The molecule has 6 heteroatoms. The molecule has 0 aliphatic carbocycles. The summed E-state index contributed by atoms with van der Waals surface area (Å²) >= 11 is 0. The summed E-state index contributed by atoms with van der Waals surface area (Å²) in [5, 5.41) is 2.05. The number of hydrogen-bond donors (Lipinski definition) is 1. The van der Waals surface area contributed by atoms with Crippen LogP contribution in [0.3, 0.4) is 0 Å². The smallest absolute Gasteiger partial charge is 0.269 e. The van der Waals surface area contributed by atoms with E-state index in [-0.39, 0.29) is 0 Å². The van der Waals surface area contributed by atoms with Gasteiger partial charge >= 0.3 is 17.8 Å². The number of nitrogens with one attached hydrogen (secondary N) is 1. The number of nitrogens with zero attached hydrogens (tertiary/aromatic N) is 2. The van der Waals surface area contributed by atoms with Crippen LogP contribution in [0.15, 0.2) is 48.8 Å². The standard InChI is InChI=1S/C18H17N3O3/c1-11(2)12-3-5-13(6-4-12)15(14-7-9-19-10-8-14)21-17(23)16(22)20-18(21)24/h3-11,15H,1-2H3,(H,20,22,24). The van der Waals surface area contributed by atoms with Crippen LogP contribution in [0.1, 0.15) is 42.5 Å². The first kappa shape index (κ1) is 15.9. The van der Waals surface area contributed by atoms with E-state index in [0.29, 0.717) is 11.5 Å². The lowest BCUT2D eigenvalue weighted by molar-refractivity contribution is -0.140. The lowest BCUT2D eigenvalue weighted by Crippen LogP contribution is -2.35. The zero-order valence-corrected chi connectivity index (χ0v) is 13.4. The number of urea groups is 1. The van der Waals surface area contributed by atoms with Gasteiger partial charge in [-0.15, -0.1) is 0 Å². The second-order valence-corrected chi connectivity index (χ2v) is 5.94. The van der Waals surface area contributed by atoms with Gasteiger partial charge in [0, 0.05) is 12.4 Å². The van der Waals surface area contributed by atoms with Crippen molar-refractivity contribution >= 4 is 17.8 Å². The number of amides is 4. The molecule has 2 heterocycles. The van der Waals surface area contributed by atoms with Crippen molar-refractivity contribution in [2.75, 3.05) is 0 Å². The Balaban J connectivity index is 2.08. The Morgan fingerprint density at radius 2 is 1.42 bits per heavy atom. The molecule has 0 bridgehead atoms. The van der Waals surface area contributed by atoms with Crippen molar-refractivity contribution in [3.05, 3.63) is 65.5 Å². The molecule has 1 aromatic carbocycles. The largest absolute Gasteiger partial charge is 0.332 e. The maximum Gasteiger partial charge on any atom is 0.332 e. The van der Waals surface area contributed by atoms with Gasteiger partial charge in [0.25, 0.3) is 0 Å². The number of hydrogen-bond acceptors (Lipinski definition) is 4. The van der Waals surface area contributed by atoms with Gasteiger partial charge in [0.2, 0.25) is 0 Å². The summed E-state index contributed by atoms with van der Waals surface area (Å²) in [7, 11) is 0. The monoisotopic (exact) mass is 323 g/mol. The van der Waals surface area contributed by atoms with Crippen molar-refractivity contribution in [3.63, 3.8) is 0 Å². The van der Waals surface area contributed by atoms with Crippen LogP contribution < -0.4 is 5.32 Å². The van der Waals surface area contributed by atoms with E-state index in [1.807, 2.05) is 29.6 Å². The van der Waals surface area contributed by atoms with E-state index in [4.69, 9.17) is 0 Å². The molecule has 1 saturated heterocycles. The minimum absolute atomic E-state index is 0.372. The van der Waals surface area contributed by atoms with Crippen molar-refractivity contribution in [2.24, 2.45) is 0 Å². The highest BCUT2D eigenvalue weighted by atomic mass is 16.2. The number of pyridine rings is 1. The van der Waals surface area contributed by atoms with E-state index in [0.717, 1.165) is 16.0 Å². The second-order valence-electron chi connectivity index (χ2n) is 5.94. The normalized spacial score (nSPS) is 15.8. The Kier molecular flexibility index (Phi) is 4.12. The van der Waals surface area contributed by atoms with Gasteiger partial charge in [-0.3, -0.25) is 19.9 Å². The molecule has 1 atom stereocenters. The van der Waals surface area contributed by atoms with Crippen LogP contribution in [0.2, 0.25) is 0 Å². The van der Waals surface area contributed by atoms with Crippen molar-refractivity contribution in [3.8, 4) is 0 Å². The molecule has 1 aromatic heterocycles. The van der Waals surface area contributed by atoms with Gasteiger partial charge in [-0.05, 0) is 34.7 Å². The van der Waals surface area contributed by atoms with Gasteiger partial charge in [0.15, 0.2) is 0 Å². The van der Waals surface area contributed by atoms with Crippen LogP contribution in [-0.4, -0.2) is 27.7 Å². The molecule has 1 unspecified atom stereocenters. The van der Waals surface area contributed by atoms with Gasteiger partial charge in [-0.1, -0.05) is 38.1 Å². The van der Waals surface area contributed by atoms with Crippen LogP contribution >= 0.6 is 0 Å². The van der Waals surface area contributed by atoms with Crippen LogP contribution in [0.5, 0.6) is 0 Å². The predicted octanol–water partition coefficient (Wildman–Crippen LogP) is 2.37. The van der Waals surface area contributed by atoms with Crippen LogP contribution in [-0.2, 0) is 9.59 Å². The van der Waals surface area contributed by atoms with Crippen LogP contribution in [0.25, 0.3) is 0 Å². The third-order valence-corrected chi connectivity index (χ3v) is 4.05. The summed E-state index contributed by atoms with van der Waals surface area (Å²) in [5.74, 6) is -1.38. The fraction of sp³-hybridized carbons (Fsp3) is 0.222. The highest BCUT2D eigenvalue weighted by molar-refractivity contribution is 6.45. The number of benzene rings is 1. The Morgan fingerprint density at radius 1 is 0.875 bits per heavy atom. The number of aromatic nitrogens is 1. The average Bonchev–Trinajstić information content (AvgIpc) is 2.83. The van der Waals surface area contributed by atoms with E-state index in [2.05, 4.69) is 18.8 Å². The Morgan fingerprint density at radius 3 is 1.92 bits per heavy atom. The lowest BCUT2D eigenvalue weighted by Gasteiger charge is -2.25. The molecule has 1 fully saturated rings. The zero-order valence-electron chi connectivity index (χ0n) is 13.4. The molecular weight excluding hydrogens is 306 g/mol. The molecule has 2 aromatic rings. The fourth-order valence-electron chi connectivity index (χ4n) is 2.75. The summed E-state index contributed by atoms with van der Waals surface area (Å²) < 4.78 is 0. The van der Waals surface area contributed by atoms with E-state index in [9.17, 15) is 14.4 Å². The Hall–Kier alpha value is -3.02. The second kappa shape index (κ2) is 6.23. The molecule has 1 aliphatic heterocycles. The van der Waals surface area contributed by atoms with E-state index < -0.39 is 23.9 Å². The van der Waals surface area contributed by atoms with Gasteiger partial charge < -0.3 is 0 Å². The van der Waals surface area contributed by atoms with Gasteiger partial charge in [-0.25, -0.2) is 9.69 Å². The van der Waals surface area contributed by atoms with Crippen molar-refractivity contribution in [2.45, 2.75) is 25.8 Å². The first-order chi connectivity index (χ1) is 11.5. The number of imide groups is 2. The lowest BCUT2D eigenvalue weighted by atomic mass is 9.95. The average molecular weight is 323 g/mol. The maximum atomic E-state index is 12.2. The topological polar surface area (TPSA) is 79.4 Å². The Bertz CT molecular complexity index is 785. The molecule has 1 aliphatic rings. The number of rotatable bonds is 4. The fourth-order valence-corrected chi connectivity index (χ4v) is 2.75. The molecule has 1 N–H and O–H groups in total. The third kappa shape index (κ3) is 2.78. The molecule has 0 spiro atoms. The van der Waals surface area contributed by atoms with Crippen molar-refractivity contribution in [1.82, 2.24) is 15.2 Å². The summed E-state index contributed by atoms with van der Waals surface area (Å²) in [6.45, 7) is 4.18. The summed E-state index contributed by atoms with van der Waals surface area (Å²) in [5.41, 5.74) is 2.62. The highest BCUT2D eigenvalue weighted by Gasteiger charge is 2.42. The Labute approximate surface area is 139 Å². The molecule has 122 valence electrons. The number of carbonyl (C=O) groups excluding carboxylic acids is 3. The predicted molar refractivity (Wildman–Crippen MR) is 87.0 cm³/mol. The van der Waals surface area contributed by atoms with Crippen molar-refractivity contribution < 1.29 is 14.4 Å². The molecule has 0 radical (unpaired) electrons. The van der Waals surface area contributed by atoms with Crippen LogP contribution in [0, 0.1) is 0 Å². The molecule has 24 heavy (non-hydrogen) atoms. The summed E-state index contributed by atoms with van der Waals surface area (Å²) in [6.07, 6.45) is 3.18. The summed E-state index contributed by atoms with van der Waals surface area (Å²) in [4.78, 5) is 40.8. The van der Waals surface area contributed by atoms with Gasteiger partial charge in [0.05, 0.1) is 6.04 Å². The minimum atomic E-state index is -0.905. The summed E-state index contributed by atoms with van der Waals surface area (Å²) in [6, 6.07) is 9.76. The van der Waals surface area contributed by atoms with Gasteiger partial charge in [0.1, 0.15) is 0 Å².